The number of carbonyl (C=O) groups is 1. The molecule has 0 aliphatic carbocycles. The molecule has 1 amide bonds. The molecule has 0 unspecified atom stereocenters. The summed E-state index contributed by atoms with van der Waals surface area (Å²) in [6.07, 6.45) is 1.66. The first-order chi connectivity index (χ1) is 11.7. The lowest BCUT2D eigenvalue weighted by atomic mass is 10.1. The Morgan fingerprint density at radius 3 is 2.88 bits per heavy atom. The van der Waals surface area contributed by atoms with Crippen molar-refractivity contribution in [1.82, 2.24) is 19.7 Å². The van der Waals surface area contributed by atoms with E-state index < -0.39 is 0 Å². The molecule has 3 aromatic rings. The Morgan fingerprint density at radius 2 is 2.12 bits per heavy atom. The Hall–Kier alpha value is -2.19. The SMILES string of the molecule is CCn1cnnc1SCC(=O)Nc1nc(-c2ccc(C)cc2)cs1. The van der Waals surface area contributed by atoms with Crippen LogP contribution in [0.2, 0.25) is 0 Å². The zero-order valence-corrected chi connectivity index (χ0v) is 15.0. The summed E-state index contributed by atoms with van der Waals surface area (Å²) in [5.41, 5.74) is 3.12. The highest BCUT2D eigenvalue weighted by molar-refractivity contribution is 7.99. The molecule has 0 bridgehead atoms. The summed E-state index contributed by atoms with van der Waals surface area (Å²) < 4.78 is 1.90. The smallest absolute Gasteiger partial charge is 0.236 e. The number of hydrogen-bond acceptors (Lipinski definition) is 6. The molecule has 0 atom stereocenters. The highest BCUT2D eigenvalue weighted by Gasteiger charge is 2.11. The highest BCUT2D eigenvalue weighted by Crippen LogP contribution is 2.25. The summed E-state index contributed by atoms with van der Waals surface area (Å²) in [5.74, 6) is 0.175. The van der Waals surface area contributed by atoms with E-state index in [0.29, 0.717) is 5.13 Å². The number of thiazole rings is 1. The van der Waals surface area contributed by atoms with Crippen LogP contribution in [0.3, 0.4) is 0 Å². The number of anilines is 1. The Morgan fingerprint density at radius 1 is 1.33 bits per heavy atom. The monoisotopic (exact) mass is 359 g/mol. The first-order valence-corrected chi connectivity index (χ1v) is 9.35. The molecular formula is C16H17N5OS2. The van der Waals surface area contributed by atoms with Gasteiger partial charge in [0.1, 0.15) is 6.33 Å². The average molecular weight is 359 g/mol. The van der Waals surface area contributed by atoms with Gasteiger partial charge in [-0.1, -0.05) is 41.6 Å². The lowest BCUT2D eigenvalue weighted by Gasteiger charge is -2.03. The van der Waals surface area contributed by atoms with E-state index in [1.807, 2.05) is 48.1 Å². The molecule has 2 aromatic heterocycles. The third-order valence-electron chi connectivity index (χ3n) is 3.35. The minimum atomic E-state index is -0.101. The molecule has 0 spiro atoms. The van der Waals surface area contributed by atoms with Crippen LogP contribution in [-0.4, -0.2) is 31.4 Å². The van der Waals surface area contributed by atoms with Crippen LogP contribution in [0.4, 0.5) is 5.13 Å². The Bertz CT molecular complexity index is 825. The van der Waals surface area contributed by atoms with Crippen molar-refractivity contribution < 1.29 is 4.79 Å². The van der Waals surface area contributed by atoms with Crippen LogP contribution in [-0.2, 0) is 11.3 Å². The van der Waals surface area contributed by atoms with Gasteiger partial charge in [0.25, 0.3) is 0 Å². The fourth-order valence-electron chi connectivity index (χ4n) is 2.05. The Kier molecular flexibility index (Phi) is 5.27. The summed E-state index contributed by atoms with van der Waals surface area (Å²) >= 11 is 2.79. The largest absolute Gasteiger partial charge is 0.309 e. The summed E-state index contributed by atoms with van der Waals surface area (Å²) in [4.78, 5) is 16.5. The summed E-state index contributed by atoms with van der Waals surface area (Å²) in [5, 5.41) is 14.0. The second-order valence-corrected chi connectivity index (χ2v) is 6.94. The zero-order valence-electron chi connectivity index (χ0n) is 13.4. The van der Waals surface area contributed by atoms with Gasteiger partial charge in [0, 0.05) is 17.5 Å². The molecule has 0 aliphatic rings. The maximum absolute atomic E-state index is 12.1. The molecule has 0 radical (unpaired) electrons. The third-order valence-corrected chi connectivity index (χ3v) is 5.09. The molecule has 1 aromatic carbocycles. The molecular weight excluding hydrogens is 342 g/mol. The van der Waals surface area contributed by atoms with Gasteiger partial charge >= 0.3 is 0 Å². The van der Waals surface area contributed by atoms with E-state index in [-0.39, 0.29) is 11.7 Å². The Labute approximate surface area is 148 Å². The number of hydrogen-bond donors (Lipinski definition) is 1. The number of nitrogens with zero attached hydrogens (tertiary/aromatic N) is 4. The van der Waals surface area contributed by atoms with Gasteiger partial charge in [0.2, 0.25) is 5.91 Å². The van der Waals surface area contributed by atoms with Crippen LogP contribution < -0.4 is 5.32 Å². The standard InChI is InChI=1S/C16H17N5OS2/c1-3-21-10-17-20-16(21)24-9-14(22)19-15-18-13(8-23-15)12-6-4-11(2)5-7-12/h4-8,10H,3,9H2,1-2H3,(H,18,19,22). The number of carbonyl (C=O) groups excluding carboxylic acids is 1. The van der Waals surface area contributed by atoms with Crippen molar-refractivity contribution in [2.45, 2.75) is 25.5 Å². The number of aryl methyl sites for hydroxylation is 2. The summed E-state index contributed by atoms with van der Waals surface area (Å²) in [6.45, 7) is 4.84. The zero-order chi connectivity index (χ0) is 16.9. The second-order valence-electron chi connectivity index (χ2n) is 5.14. The van der Waals surface area contributed by atoms with Crippen molar-refractivity contribution in [3.05, 3.63) is 41.5 Å². The molecule has 0 fully saturated rings. The van der Waals surface area contributed by atoms with Crippen molar-refractivity contribution in [3.8, 4) is 11.3 Å². The molecule has 0 saturated carbocycles. The molecule has 124 valence electrons. The second kappa shape index (κ2) is 7.59. The van der Waals surface area contributed by atoms with Crippen LogP contribution in [0.25, 0.3) is 11.3 Å². The van der Waals surface area contributed by atoms with E-state index in [0.717, 1.165) is 23.0 Å². The van der Waals surface area contributed by atoms with Gasteiger partial charge in [0.15, 0.2) is 10.3 Å². The molecule has 3 rings (SSSR count). The van der Waals surface area contributed by atoms with Crippen molar-refractivity contribution >= 4 is 34.1 Å². The van der Waals surface area contributed by atoms with Gasteiger partial charge in [-0.2, -0.15) is 0 Å². The van der Waals surface area contributed by atoms with Crippen LogP contribution in [0.15, 0.2) is 41.1 Å². The average Bonchev–Trinajstić information content (AvgIpc) is 3.22. The molecule has 0 aliphatic heterocycles. The van der Waals surface area contributed by atoms with Gasteiger partial charge in [-0.15, -0.1) is 21.5 Å². The molecule has 24 heavy (non-hydrogen) atoms. The van der Waals surface area contributed by atoms with Crippen molar-refractivity contribution in [2.24, 2.45) is 0 Å². The van der Waals surface area contributed by atoms with E-state index in [9.17, 15) is 4.79 Å². The normalized spacial score (nSPS) is 10.8. The third kappa shape index (κ3) is 4.01. The van der Waals surface area contributed by atoms with E-state index in [1.54, 1.807) is 6.33 Å². The Balaban J connectivity index is 1.58. The first kappa shape index (κ1) is 16.7. The number of nitrogens with one attached hydrogen (secondary N) is 1. The number of benzene rings is 1. The van der Waals surface area contributed by atoms with Gasteiger partial charge in [-0.3, -0.25) is 4.79 Å². The maximum atomic E-state index is 12.1. The minimum absolute atomic E-state index is 0.101. The molecule has 6 nitrogen and oxygen atoms in total. The van der Waals surface area contributed by atoms with Crippen LogP contribution >= 0.6 is 23.1 Å². The number of amides is 1. The fraction of sp³-hybridized carbons (Fsp3) is 0.250. The molecule has 0 saturated heterocycles. The van der Waals surface area contributed by atoms with E-state index >= 15 is 0 Å². The minimum Gasteiger partial charge on any atom is -0.309 e. The van der Waals surface area contributed by atoms with Gasteiger partial charge in [-0.05, 0) is 13.8 Å². The number of aromatic nitrogens is 4. The number of thioether (sulfide) groups is 1. The van der Waals surface area contributed by atoms with E-state index in [2.05, 4.69) is 20.5 Å². The van der Waals surface area contributed by atoms with Crippen molar-refractivity contribution in [2.75, 3.05) is 11.1 Å². The highest BCUT2D eigenvalue weighted by atomic mass is 32.2. The van der Waals surface area contributed by atoms with E-state index in [1.165, 1.54) is 28.7 Å². The van der Waals surface area contributed by atoms with Gasteiger partial charge in [0.05, 0.1) is 11.4 Å². The van der Waals surface area contributed by atoms with E-state index in [4.69, 9.17) is 0 Å². The summed E-state index contributed by atoms with van der Waals surface area (Å²) in [6, 6.07) is 8.16. The van der Waals surface area contributed by atoms with Crippen molar-refractivity contribution in [3.63, 3.8) is 0 Å². The van der Waals surface area contributed by atoms with Gasteiger partial charge in [-0.25, -0.2) is 4.98 Å². The fourth-order valence-corrected chi connectivity index (χ4v) is 3.56. The predicted molar refractivity (Wildman–Crippen MR) is 97.3 cm³/mol. The molecule has 8 heteroatoms. The van der Waals surface area contributed by atoms with Crippen LogP contribution in [0.5, 0.6) is 0 Å². The molecule has 2 heterocycles. The van der Waals surface area contributed by atoms with Gasteiger partial charge < -0.3 is 9.88 Å². The lowest BCUT2D eigenvalue weighted by molar-refractivity contribution is -0.113. The lowest BCUT2D eigenvalue weighted by Crippen LogP contribution is -2.14. The quantitative estimate of drug-likeness (QED) is 0.682. The predicted octanol–water partition coefficient (Wildman–Crippen LogP) is 3.46. The van der Waals surface area contributed by atoms with Crippen molar-refractivity contribution in [1.29, 1.82) is 0 Å². The number of rotatable bonds is 6. The van der Waals surface area contributed by atoms with Crippen LogP contribution in [0.1, 0.15) is 12.5 Å². The topological polar surface area (TPSA) is 72.7 Å². The molecule has 1 N–H and O–H groups in total. The summed E-state index contributed by atoms with van der Waals surface area (Å²) in [7, 11) is 0. The first-order valence-electron chi connectivity index (χ1n) is 7.48. The van der Waals surface area contributed by atoms with Crippen LogP contribution in [0, 0.1) is 6.92 Å². The maximum Gasteiger partial charge on any atom is 0.236 e.